The summed E-state index contributed by atoms with van der Waals surface area (Å²) in [5, 5.41) is 28.9. The Bertz CT molecular complexity index is 1010. The average Bonchev–Trinajstić information content (AvgIpc) is 3.29. The smallest absolute Gasteiger partial charge is 0.449 e. The summed E-state index contributed by atoms with van der Waals surface area (Å²) in [6.07, 6.45) is 2.87. The number of ether oxygens (including phenoxy) is 1. The van der Waals surface area contributed by atoms with Gasteiger partial charge in [0.1, 0.15) is 6.10 Å². The van der Waals surface area contributed by atoms with Crippen LogP contribution in [0.1, 0.15) is 65.2 Å². The third-order valence-corrected chi connectivity index (χ3v) is 11.0. The fourth-order valence-corrected chi connectivity index (χ4v) is 9.23. The fourth-order valence-electron chi connectivity index (χ4n) is 8.05. The number of esters is 1. The molecule has 0 spiro atoms. The first kappa shape index (κ1) is 33.4. The fraction of sp³-hybridized carbons (Fsp3) is 0.840. The Morgan fingerprint density at radius 3 is 2.50 bits per heavy atom. The minimum absolute atomic E-state index is 0. The molecule has 4 N–H and O–H groups in total. The van der Waals surface area contributed by atoms with Crippen molar-refractivity contribution >= 4 is 19.6 Å². The van der Waals surface area contributed by atoms with Crippen LogP contribution in [0.15, 0.2) is 11.6 Å². The molecular formula is C25H37Na2O10P+2. The monoisotopic (exact) mass is 574 g/mol. The van der Waals surface area contributed by atoms with Crippen molar-refractivity contribution in [2.24, 2.45) is 28.6 Å². The third kappa shape index (κ3) is 5.75. The molecule has 1 saturated heterocycles. The number of cyclic esters (lactones) is 1. The van der Waals surface area contributed by atoms with E-state index in [1.165, 1.54) is 5.57 Å². The molecule has 0 aromatic rings. The van der Waals surface area contributed by atoms with Crippen LogP contribution in [0.25, 0.3) is 0 Å². The molecule has 10 nitrogen and oxygen atoms in total. The van der Waals surface area contributed by atoms with Crippen LogP contribution in [0.4, 0.5) is 0 Å². The predicted molar refractivity (Wildman–Crippen MR) is 125 cm³/mol. The second kappa shape index (κ2) is 12.2. The third-order valence-electron chi connectivity index (χ3n) is 10.0. The number of Topliss-reactive ketones (excluding diaryl/α,β-unsaturated/α-hetero) is 1. The van der Waals surface area contributed by atoms with Gasteiger partial charge in [-0.3, -0.25) is 13.8 Å². The summed E-state index contributed by atoms with van der Waals surface area (Å²) in [5.74, 6) is -0.995. The van der Waals surface area contributed by atoms with Crippen molar-refractivity contribution in [1.29, 1.82) is 0 Å². The Morgan fingerprint density at radius 2 is 1.82 bits per heavy atom. The van der Waals surface area contributed by atoms with Gasteiger partial charge in [0.15, 0.2) is 6.10 Å². The molecule has 38 heavy (non-hydrogen) atoms. The largest absolute Gasteiger partial charge is 1.00 e. The summed E-state index contributed by atoms with van der Waals surface area (Å²) in [7, 11) is -4.82. The Labute approximate surface area is 267 Å². The van der Waals surface area contributed by atoms with Gasteiger partial charge in [0, 0.05) is 0 Å². The normalized spacial score (nSPS) is 44.3. The van der Waals surface area contributed by atoms with Gasteiger partial charge in [0.2, 0.25) is 11.9 Å². The molecular weight excluding hydrogens is 537 g/mol. The second-order valence-electron chi connectivity index (χ2n) is 11.8. The van der Waals surface area contributed by atoms with Gasteiger partial charge in [0.25, 0.3) is 0 Å². The van der Waals surface area contributed by atoms with E-state index in [-0.39, 0.29) is 76.0 Å². The number of aliphatic hydroxyl groups excluding tert-OH is 3. The van der Waals surface area contributed by atoms with Gasteiger partial charge in [-0.1, -0.05) is 25.5 Å². The summed E-state index contributed by atoms with van der Waals surface area (Å²) in [4.78, 5) is 35.0. The topological polar surface area (TPSA) is 160 Å². The van der Waals surface area contributed by atoms with Gasteiger partial charge < -0.3 is 24.9 Å². The number of carbonyl (C=O) groups is 2. The summed E-state index contributed by atoms with van der Waals surface area (Å²) in [5.41, 5.74) is 1.11. The first-order chi connectivity index (χ1) is 16.9. The molecule has 202 valence electrons. The van der Waals surface area contributed by atoms with Crippen molar-refractivity contribution < 1.29 is 107 Å². The number of carbonyl (C=O) groups excluding carboxylic acids is 2. The van der Waals surface area contributed by atoms with E-state index >= 15 is 0 Å². The first-order valence-electron chi connectivity index (χ1n) is 13.0. The molecule has 13 heteroatoms. The Hall–Kier alpha value is 0.870. The molecule has 4 fully saturated rings. The van der Waals surface area contributed by atoms with Crippen LogP contribution in [0.5, 0.6) is 0 Å². The molecule has 1 heterocycles. The molecule has 0 bridgehead atoms. The Kier molecular flexibility index (Phi) is 10.7. The molecule has 0 radical (unpaired) electrons. The van der Waals surface area contributed by atoms with E-state index in [1.807, 2.05) is 0 Å². The number of phosphoric acid groups is 1. The SMILES string of the molecule is C[C@]12CC[C@H](O)CC1=CCC1C2CC[C@@]2(C)C1CC[C@@H]2OP(=O)(O)OC1C(=O)OC(C(O)CO)C1=O.[Na+].[Na+]. The Balaban J connectivity index is 0.00000200. The molecule has 7 unspecified atom stereocenters. The number of fused-ring (bicyclic) bond motifs is 5. The first-order valence-corrected chi connectivity index (χ1v) is 14.5. The summed E-state index contributed by atoms with van der Waals surface area (Å²) >= 11 is 0. The van der Waals surface area contributed by atoms with Crippen LogP contribution in [0, 0.1) is 28.6 Å². The second-order valence-corrected chi connectivity index (χ2v) is 13.2. The van der Waals surface area contributed by atoms with Gasteiger partial charge in [-0.2, -0.15) is 0 Å². The van der Waals surface area contributed by atoms with E-state index in [4.69, 9.17) is 18.9 Å². The Morgan fingerprint density at radius 1 is 1.11 bits per heavy atom. The van der Waals surface area contributed by atoms with Crippen molar-refractivity contribution in [3.05, 3.63) is 11.6 Å². The number of hydrogen-bond donors (Lipinski definition) is 4. The number of hydrogen-bond acceptors (Lipinski definition) is 9. The van der Waals surface area contributed by atoms with Crippen molar-refractivity contribution in [3.63, 3.8) is 0 Å². The van der Waals surface area contributed by atoms with Gasteiger partial charge in [-0.05, 0) is 80.0 Å². The van der Waals surface area contributed by atoms with Crippen LogP contribution < -0.4 is 59.1 Å². The number of aliphatic hydroxyl groups is 3. The standard InChI is InChI=1S/C25H37O10P.2Na/c1-24-9-7-14(27)11-13(24)3-4-15-16-5-6-19(25(16,2)10-8-17(15)24)34-36(31,32)35-22-20(29)21(18(28)12-26)33-23(22)30;;/h3,14-19,21-22,26-28H,4-12H2,1-2H3,(H,31,32);;/q;2*+1/t14-,15?,16?,17?,18?,19-,21?,22?,24-,25-;;/m0../s1. The van der Waals surface area contributed by atoms with E-state index in [0.717, 1.165) is 44.9 Å². The van der Waals surface area contributed by atoms with Crippen LogP contribution in [-0.2, 0) is 27.9 Å². The summed E-state index contributed by atoms with van der Waals surface area (Å²) in [6.45, 7) is 3.62. The predicted octanol–water partition coefficient (Wildman–Crippen LogP) is -3.96. The molecule has 0 aromatic heterocycles. The number of ketones is 1. The minimum atomic E-state index is -4.82. The van der Waals surface area contributed by atoms with Crippen molar-refractivity contribution in [2.75, 3.05) is 6.61 Å². The zero-order valence-electron chi connectivity index (χ0n) is 22.7. The van der Waals surface area contributed by atoms with Gasteiger partial charge in [0.05, 0.1) is 18.8 Å². The molecule has 5 aliphatic rings. The zero-order valence-corrected chi connectivity index (χ0v) is 27.6. The van der Waals surface area contributed by atoms with E-state index in [2.05, 4.69) is 19.9 Å². The van der Waals surface area contributed by atoms with Crippen molar-refractivity contribution in [1.82, 2.24) is 0 Å². The molecule has 3 saturated carbocycles. The summed E-state index contributed by atoms with van der Waals surface area (Å²) < 4.78 is 28.3. The number of allylic oxidation sites excluding steroid dienone is 1. The molecule has 0 amide bonds. The van der Waals surface area contributed by atoms with Crippen molar-refractivity contribution in [3.8, 4) is 0 Å². The maximum Gasteiger partial charge on any atom is 1.00 e. The number of phosphoric ester groups is 1. The van der Waals surface area contributed by atoms with E-state index in [9.17, 15) is 29.3 Å². The molecule has 5 rings (SSSR count). The zero-order chi connectivity index (χ0) is 26.0. The molecule has 1 aliphatic heterocycles. The van der Waals surface area contributed by atoms with Crippen LogP contribution in [-0.4, -0.2) is 69.1 Å². The van der Waals surface area contributed by atoms with Crippen LogP contribution in [0.3, 0.4) is 0 Å². The molecule has 4 aliphatic carbocycles. The van der Waals surface area contributed by atoms with Crippen molar-refractivity contribution in [2.45, 2.75) is 95.7 Å². The molecule has 11 atom stereocenters. The van der Waals surface area contributed by atoms with Gasteiger partial charge in [-0.25, -0.2) is 9.36 Å². The minimum Gasteiger partial charge on any atom is -0.449 e. The van der Waals surface area contributed by atoms with Crippen LogP contribution >= 0.6 is 7.82 Å². The van der Waals surface area contributed by atoms with E-state index < -0.39 is 50.6 Å². The van der Waals surface area contributed by atoms with E-state index in [1.54, 1.807) is 0 Å². The van der Waals surface area contributed by atoms with E-state index in [0.29, 0.717) is 24.2 Å². The summed E-state index contributed by atoms with van der Waals surface area (Å²) in [6, 6.07) is 0. The van der Waals surface area contributed by atoms with Gasteiger partial charge >= 0.3 is 72.9 Å². The quantitative estimate of drug-likeness (QED) is 0.0811. The maximum atomic E-state index is 12.9. The van der Waals surface area contributed by atoms with Gasteiger partial charge in [-0.15, -0.1) is 0 Å². The molecule has 0 aromatic carbocycles. The average molecular weight is 575 g/mol. The maximum absolute atomic E-state index is 12.9. The van der Waals surface area contributed by atoms with Crippen LogP contribution in [0.2, 0.25) is 0 Å². The number of rotatable bonds is 6.